The number of nitrogens with zero attached hydrogens (tertiary/aromatic N) is 2. The summed E-state index contributed by atoms with van der Waals surface area (Å²) < 4.78 is 15.6. The Bertz CT molecular complexity index is 717. The Labute approximate surface area is 140 Å². The Kier molecular flexibility index (Phi) is 4.92. The molecule has 128 valence electrons. The van der Waals surface area contributed by atoms with Crippen LogP contribution in [0.4, 0.5) is 4.39 Å². The Morgan fingerprint density at radius 2 is 2.21 bits per heavy atom. The van der Waals surface area contributed by atoms with Crippen molar-refractivity contribution < 1.29 is 9.18 Å². The topological polar surface area (TPSA) is 71.0 Å². The minimum atomic E-state index is -0.406. The van der Waals surface area contributed by atoms with Crippen molar-refractivity contribution in [2.45, 2.75) is 37.9 Å². The van der Waals surface area contributed by atoms with Gasteiger partial charge in [-0.05, 0) is 25.0 Å². The van der Waals surface area contributed by atoms with Crippen LogP contribution in [0.25, 0.3) is 0 Å². The maximum absolute atomic E-state index is 13.9. The van der Waals surface area contributed by atoms with Crippen LogP contribution in [0.3, 0.4) is 0 Å². The molecule has 3 rings (SSSR count). The summed E-state index contributed by atoms with van der Waals surface area (Å²) in [6.45, 7) is 2.01. The molecule has 1 amide bonds. The number of aromatic nitrogens is 2. The van der Waals surface area contributed by atoms with Crippen LogP contribution in [0.15, 0.2) is 36.5 Å². The smallest absolute Gasteiger partial charge is 0.239 e. The summed E-state index contributed by atoms with van der Waals surface area (Å²) in [5.74, 6) is -0.367. The molecular weight excluding hydrogens is 309 g/mol. The summed E-state index contributed by atoms with van der Waals surface area (Å²) in [5.41, 5.74) is 7.51. The van der Waals surface area contributed by atoms with E-state index in [1.807, 2.05) is 20.0 Å². The lowest BCUT2D eigenvalue weighted by atomic mass is 10.0. The number of hydrogen-bond donors (Lipinski definition) is 3. The number of aryl methyl sites for hydroxylation is 1. The van der Waals surface area contributed by atoms with Crippen LogP contribution >= 0.6 is 0 Å². The van der Waals surface area contributed by atoms with Gasteiger partial charge < -0.3 is 5.32 Å². The standard InChI is InChI=1S/C17H22FN5O/c1-3-13(16-8-9-19-23(16)2)20-17(24)15-10-14(21-22-15)11-6-4-5-7-12(11)18/h4-9,13-15,21-22H,3,10H2,1-2H3,(H,20,24). The third kappa shape index (κ3) is 3.32. The van der Waals surface area contributed by atoms with Crippen molar-refractivity contribution in [3.63, 3.8) is 0 Å². The SMILES string of the molecule is CCC(NC(=O)C1CC(c2ccccc2F)NN1)c1ccnn1C. The summed E-state index contributed by atoms with van der Waals surface area (Å²) in [6, 6.07) is 7.79. The predicted octanol–water partition coefficient (Wildman–Crippen LogP) is 1.73. The second-order valence-electron chi connectivity index (χ2n) is 6.00. The van der Waals surface area contributed by atoms with E-state index in [0.717, 1.165) is 12.1 Å². The molecule has 1 aliphatic rings. The van der Waals surface area contributed by atoms with Crippen LogP contribution < -0.4 is 16.2 Å². The molecule has 1 aromatic carbocycles. The highest BCUT2D eigenvalue weighted by Crippen LogP contribution is 2.25. The van der Waals surface area contributed by atoms with Gasteiger partial charge in [-0.2, -0.15) is 5.10 Å². The Balaban J connectivity index is 1.64. The molecule has 2 aromatic rings. The zero-order valence-corrected chi connectivity index (χ0v) is 13.8. The van der Waals surface area contributed by atoms with Gasteiger partial charge in [0.15, 0.2) is 0 Å². The van der Waals surface area contributed by atoms with Crippen molar-refractivity contribution in [3.8, 4) is 0 Å². The summed E-state index contributed by atoms with van der Waals surface area (Å²) in [4.78, 5) is 12.5. The molecule has 1 aromatic heterocycles. The summed E-state index contributed by atoms with van der Waals surface area (Å²) in [6.07, 6.45) is 2.98. The highest BCUT2D eigenvalue weighted by atomic mass is 19.1. The summed E-state index contributed by atoms with van der Waals surface area (Å²) in [7, 11) is 1.85. The van der Waals surface area contributed by atoms with Crippen LogP contribution in [-0.2, 0) is 11.8 Å². The number of hydrazine groups is 1. The number of carbonyl (C=O) groups is 1. The second-order valence-corrected chi connectivity index (χ2v) is 6.00. The first-order valence-electron chi connectivity index (χ1n) is 8.14. The molecule has 1 fully saturated rings. The maximum atomic E-state index is 13.9. The fourth-order valence-electron chi connectivity index (χ4n) is 3.07. The van der Waals surface area contributed by atoms with Crippen molar-refractivity contribution in [2.24, 2.45) is 7.05 Å². The molecule has 3 unspecified atom stereocenters. The molecule has 1 saturated heterocycles. The van der Waals surface area contributed by atoms with E-state index in [1.165, 1.54) is 6.07 Å². The van der Waals surface area contributed by atoms with E-state index in [9.17, 15) is 9.18 Å². The van der Waals surface area contributed by atoms with Crippen LogP contribution in [0, 0.1) is 5.82 Å². The van der Waals surface area contributed by atoms with E-state index in [0.29, 0.717) is 12.0 Å². The third-order valence-corrected chi connectivity index (χ3v) is 4.44. The van der Waals surface area contributed by atoms with Crippen molar-refractivity contribution >= 4 is 5.91 Å². The molecular formula is C17H22FN5O. The van der Waals surface area contributed by atoms with E-state index in [-0.39, 0.29) is 23.8 Å². The monoisotopic (exact) mass is 331 g/mol. The number of halogens is 1. The number of nitrogens with one attached hydrogen (secondary N) is 3. The number of rotatable bonds is 5. The van der Waals surface area contributed by atoms with Crippen molar-refractivity contribution in [2.75, 3.05) is 0 Å². The molecule has 7 heteroatoms. The van der Waals surface area contributed by atoms with Gasteiger partial charge >= 0.3 is 0 Å². The van der Waals surface area contributed by atoms with Gasteiger partial charge in [0, 0.05) is 18.8 Å². The predicted molar refractivity (Wildman–Crippen MR) is 88.2 cm³/mol. The molecule has 24 heavy (non-hydrogen) atoms. The number of carbonyl (C=O) groups excluding carboxylic acids is 1. The Morgan fingerprint density at radius 1 is 1.42 bits per heavy atom. The minimum absolute atomic E-state index is 0.0979. The van der Waals surface area contributed by atoms with Crippen LogP contribution in [0.1, 0.15) is 43.1 Å². The van der Waals surface area contributed by atoms with Crippen molar-refractivity contribution in [1.29, 1.82) is 0 Å². The van der Waals surface area contributed by atoms with Gasteiger partial charge in [0.1, 0.15) is 11.9 Å². The van der Waals surface area contributed by atoms with E-state index >= 15 is 0 Å². The lowest BCUT2D eigenvalue weighted by molar-refractivity contribution is -0.123. The lowest BCUT2D eigenvalue weighted by Crippen LogP contribution is -2.44. The largest absolute Gasteiger partial charge is 0.346 e. The number of benzene rings is 1. The van der Waals surface area contributed by atoms with E-state index in [1.54, 1.807) is 29.1 Å². The van der Waals surface area contributed by atoms with Gasteiger partial charge in [-0.15, -0.1) is 0 Å². The van der Waals surface area contributed by atoms with Gasteiger partial charge in [0.2, 0.25) is 5.91 Å². The average molecular weight is 331 g/mol. The zero-order valence-electron chi connectivity index (χ0n) is 13.8. The normalized spacial score (nSPS) is 21.6. The van der Waals surface area contributed by atoms with Crippen molar-refractivity contribution in [1.82, 2.24) is 25.9 Å². The third-order valence-electron chi connectivity index (χ3n) is 4.44. The molecule has 0 saturated carbocycles. The molecule has 6 nitrogen and oxygen atoms in total. The van der Waals surface area contributed by atoms with E-state index in [4.69, 9.17) is 0 Å². The summed E-state index contributed by atoms with van der Waals surface area (Å²) >= 11 is 0. The summed E-state index contributed by atoms with van der Waals surface area (Å²) in [5, 5.41) is 7.19. The van der Waals surface area contributed by atoms with Crippen molar-refractivity contribution in [3.05, 3.63) is 53.6 Å². The average Bonchev–Trinajstić information content (AvgIpc) is 3.22. The van der Waals surface area contributed by atoms with Gasteiger partial charge in [0.05, 0.1) is 17.8 Å². The first kappa shape index (κ1) is 16.6. The molecule has 0 spiro atoms. The molecule has 1 aliphatic heterocycles. The fourth-order valence-corrected chi connectivity index (χ4v) is 3.07. The lowest BCUT2D eigenvalue weighted by Gasteiger charge is -2.19. The maximum Gasteiger partial charge on any atom is 0.239 e. The van der Waals surface area contributed by atoms with Gasteiger partial charge in [-0.1, -0.05) is 25.1 Å². The van der Waals surface area contributed by atoms with Crippen LogP contribution in [0.5, 0.6) is 0 Å². The quantitative estimate of drug-likeness (QED) is 0.780. The molecule has 3 N–H and O–H groups in total. The van der Waals surface area contributed by atoms with E-state index in [2.05, 4.69) is 21.3 Å². The van der Waals surface area contributed by atoms with Gasteiger partial charge in [-0.25, -0.2) is 15.2 Å². The Hall–Kier alpha value is -2.25. The first-order valence-corrected chi connectivity index (χ1v) is 8.14. The number of amides is 1. The molecule has 0 radical (unpaired) electrons. The molecule has 0 bridgehead atoms. The second kappa shape index (κ2) is 7.11. The first-order chi connectivity index (χ1) is 11.6. The fraction of sp³-hybridized carbons (Fsp3) is 0.412. The Morgan fingerprint density at radius 3 is 2.88 bits per heavy atom. The highest BCUT2D eigenvalue weighted by molar-refractivity contribution is 5.82. The zero-order chi connectivity index (χ0) is 17.1. The number of hydrogen-bond acceptors (Lipinski definition) is 4. The van der Waals surface area contributed by atoms with Crippen LogP contribution in [0.2, 0.25) is 0 Å². The molecule has 2 heterocycles. The highest BCUT2D eigenvalue weighted by Gasteiger charge is 2.32. The van der Waals surface area contributed by atoms with E-state index < -0.39 is 6.04 Å². The molecule has 3 atom stereocenters. The van der Waals surface area contributed by atoms with Gasteiger partial charge in [0.25, 0.3) is 0 Å². The van der Waals surface area contributed by atoms with Gasteiger partial charge in [-0.3, -0.25) is 9.48 Å². The minimum Gasteiger partial charge on any atom is -0.346 e. The molecule has 0 aliphatic carbocycles. The van der Waals surface area contributed by atoms with Crippen LogP contribution in [-0.4, -0.2) is 21.7 Å².